The summed E-state index contributed by atoms with van der Waals surface area (Å²) in [5.41, 5.74) is 4.41. The van der Waals surface area contributed by atoms with Crippen molar-refractivity contribution in [2.75, 3.05) is 0 Å². The van der Waals surface area contributed by atoms with E-state index in [-0.39, 0.29) is 12.6 Å². The minimum Gasteiger partial charge on any atom is -0.485 e. The van der Waals surface area contributed by atoms with Crippen LogP contribution in [0.2, 0.25) is 0 Å². The summed E-state index contributed by atoms with van der Waals surface area (Å²) in [7, 11) is 0. The first-order valence-electron chi connectivity index (χ1n) is 11.5. The lowest BCUT2D eigenvalue weighted by molar-refractivity contribution is -0.140. The molecule has 0 fully saturated rings. The van der Waals surface area contributed by atoms with Gasteiger partial charge in [-0.25, -0.2) is 4.79 Å². The molecular weight excluding hydrogens is 436 g/mol. The Balaban J connectivity index is 1.48. The van der Waals surface area contributed by atoms with Crippen LogP contribution < -0.4 is 9.47 Å². The first kappa shape index (κ1) is 23.8. The molecule has 0 aliphatic rings. The summed E-state index contributed by atoms with van der Waals surface area (Å²) in [5, 5.41) is 0. The van der Waals surface area contributed by atoms with Crippen LogP contribution in [0.5, 0.6) is 11.5 Å². The molecule has 0 aliphatic carbocycles. The predicted octanol–water partition coefficient (Wildman–Crippen LogP) is 6.99. The smallest absolute Gasteiger partial charge is 0.334 e. The summed E-state index contributed by atoms with van der Waals surface area (Å²) >= 11 is 0. The Labute approximate surface area is 206 Å². The maximum absolute atomic E-state index is 12.5. The summed E-state index contributed by atoms with van der Waals surface area (Å²) in [6.45, 7) is 2.83. The van der Waals surface area contributed by atoms with E-state index in [2.05, 4.69) is 0 Å². The Bertz CT molecular complexity index is 1250. The third-order valence-corrected chi connectivity index (χ3v) is 5.36. The van der Waals surface area contributed by atoms with Crippen LogP contribution in [-0.4, -0.2) is 5.97 Å². The molecule has 4 nitrogen and oxygen atoms in total. The largest absolute Gasteiger partial charge is 0.485 e. The maximum atomic E-state index is 12.5. The van der Waals surface area contributed by atoms with Crippen LogP contribution in [0.25, 0.3) is 6.08 Å². The minimum absolute atomic E-state index is 0.239. The number of hydrogen-bond acceptors (Lipinski definition) is 4. The molecule has 0 bridgehead atoms. The normalized spacial score (nSPS) is 11.1. The fraction of sp³-hybridized carbons (Fsp3) is 0.129. The second-order valence-electron chi connectivity index (χ2n) is 8.14. The van der Waals surface area contributed by atoms with Gasteiger partial charge in [-0.05, 0) is 47.4 Å². The highest BCUT2D eigenvalue weighted by atomic mass is 16.5. The molecule has 0 aliphatic heterocycles. The fourth-order valence-corrected chi connectivity index (χ4v) is 3.46. The zero-order chi connectivity index (χ0) is 24.3. The third kappa shape index (κ3) is 7.34. The van der Waals surface area contributed by atoms with Gasteiger partial charge in [-0.1, -0.05) is 97.1 Å². The van der Waals surface area contributed by atoms with E-state index in [1.165, 1.54) is 0 Å². The van der Waals surface area contributed by atoms with Crippen LogP contribution in [0.4, 0.5) is 0 Å². The minimum atomic E-state index is -0.356. The Morgan fingerprint density at radius 2 is 1.11 bits per heavy atom. The van der Waals surface area contributed by atoms with Gasteiger partial charge in [0.25, 0.3) is 0 Å². The lowest BCUT2D eigenvalue weighted by atomic mass is 10.1. The molecule has 0 radical (unpaired) electrons. The average molecular weight is 465 g/mol. The number of carbonyl (C=O) groups excluding carboxylic acids is 1. The summed E-state index contributed by atoms with van der Waals surface area (Å²) in [6.07, 6.45) is 1.80. The topological polar surface area (TPSA) is 44.8 Å². The molecule has 0 saturated heterocycles. The van der Waals surface area contributed by atoms with Crippen molar-refractivity contribution < 1.29 is 19.0 Å². The molecule has 0 saturated carbocycles. The zero-order valence-electron chi connectivity index (χ0n) is 19.7. The predicted molar refractivity (Wildman–Crippen MR) is 138 cm³/mol. The summed E-state index contributed by atoms with van der Waals surface area (Å²) in [4.78, 5) is 12.5. The van der Waals surface area contributed by atoms with Crippen LogP contribution in [0, 0.1) is 0 Å². The van der Waals surface area contributed by atoms with Crippen molar-refractivity contribution in [2.24, 2.45) is 0 Å². The van der Waals surface area contributed by atoms with Gasteiger partial charge in [-0.3, -0.25) is 0 Å². The van der Waals surface area contributed by atoms with E-state index in [4.69, 9.17) is 14.2 Å². The van der Waals surface area contributed by atoms with Gasteiger partial charge in [0.1, 0.15) is 19.8 Å². The van der Waals surface area contributed by atoms with E-state index in [1.807, 2.05) is 109 Å². The molecule has 0 aromatic heterocycles. The Morgan fingerprint density at radius 3 is 1.66 bits per heavy atom. The van der Waals surface area contributed by atoms with Crippen molar-refractivity contribution >= 4 is 12.0 Å². The molecule has 0 heterocycles. The molecule has 4 rings (SSSR count). The van der Waals surface area contributed by atoms with Crippen LogP contribution in [-0.2, 0) is 29.4 Å². The number of esters is 1. The number of hydrogen-bond donors (Lipinski definition) is 0. The SMILES string of the molecule is CC(=Cc1ccc(OCc2ccccc2)c(OCc2ccccc2)c1)C(=O)OCc1ccccc1. The Hall–Kier alpha value is -4.31. The van der Waals surface area contributed by atoms with Crippen molar-refractivity contribution in [3.05, 3.63) is 137 Å². The highest BCUT2D eigenvalue weighted by Gasteiger charge is 2.10. The van der Waals surface area contributed by atoms with Crippen LogP contribution in [0.1, 0.15) is 29.2 Å². The zero-order valence-corrected chi connectivity index (χ0v) is 19.7. The lowest BCUT2D eigenvalue weighted by Crippen LogP contribution is -2.05. The van der Waals surface area contributed by atoms with Crippen molar-refractivity contribution in [3.63, 3.8) is 0 Å². The van der Waals surface area contributed by atoms with Gasteiger partial charge < -0.3 is 14.2 Å². The monoisotopic (exact) mass is 464 g/mol. The molecular formula is C31H28O4. The van der Waals surface area contributed by atoms with Gasteiger partial charge in [0, 0.05) is 5.57 Å². The van der Waals surface area contributed by atoms with Gasteiger partial charge in [0.15, 0.2) is 11.5 Å². The number of benzene rings is 4. The van der Waals surface area contributed by atoms with E-state index in [0.717, 1.165) is 22.3 Å². The summed E-state index contributed by atoms with van der Waals surface area (Å²) in [6, 6.07) is 35.2. The summed E-state index contributed by atoms with van der Waals surface area (Å²) < 4.78 is 17.6. The molecule has 35 heavy (non-hydrogen) atoms. The Kier molecular flexibility index (Phi) is 8.33. The highest BCUT2D eigenvalue weighted by molar-refractivity contribution is 5.93. The Morgan fingerprint density at radius 1 is 0.629 bits per heavy atom. The van der Waals surface area contributed by atoms with E-state index in [0.29, 0.717) is 30.3 Å². The molecule has 0 unspecified atom stereocenters. The van der Waals surface area contributed by atoms with Gasteiger partial charge in [0.05, 0.1) is 0 Å². The van der Waals surface area contributed by atoms with E-state index in [1.54, 1.807) is 13.0 Å². The standard InChI is InChI=1S/C31H28O4/c1-24(31(32)35-23-27-15-9-4-10-16-27)19-28-17-18-29(33-21-25-11-5-2-6-12-25)30(20-28)34-22-26-13-7-3-8-14-26/h2-20H,21-23H2,1H3. The average Bonchev–Trinajstić information content (AvgIpc) is 2.91. The summed E-state index contributed by atoms with van der Waals surface area (Å²) in [5.74, 6) is 0.903. The second-order valence-corrected chi connectivity index (χ2v) is 8.14. The number of rotatable bonds is 10. The molecule has 0 N–H and O–H groups in total. The van der Waals surface area contributed by atoms with Gasteiger partial charge in [-0.15, -0.1) is 0 Å². The molecule has 0 atom stereocenters. The van der Waals surface area contributed by atoms with Gasteiger partial charge >= 0.3 is 5.97 Å². The van der Waals surface area contributed by atoms with Crippen LogP contribution in [0.3, 0.4) is 0 Å². The van der Waals surface area contributed by atoms with Gasteiger partial charge in [0.2, 0.25) is 0 Å². The molecule has 0 amide bonds. The quantitative estimate of drug-likeness (QED) is 0.187. The van der Waals surface area contributed by atoms with E-state index in [9.17, 15) is 4.79 Å². The van der Waals surface area contributed by atoms with E-state index < -0.39 is 0 Å². The number of carbonyl (C=O) groups is 1. The third-order valence-electron chi connectivity index (χ3n) is 5.36. The first-order valence-corrected chi connectivity index (χ1v) is 11.5. The molecule has 4 aromatic carbocycles. The van der Waals surface area contributed by atoms with Gasteiger partial charge in [-0.2, -0.15) is 0 Å². The van der Waals surface area contributed by atoms with Crippen LogP contribution in [0.15, 0.2) is 115 Å². The van der Waals surface area contributed by atoms with Crippen molar-refractivity contribution in [1.29, 1.82) is 0 Å². The van der Waals surface area contributed by atoms with E-state index >= 15 is 0 Å². The maximum Gasteiger partial charge on any atom is 0.334 e. The van der Waals surface area contributed by atoms with Crippen molar-refractivity contribution in [1.82, 2.24) is 0 Å². The first-order chi connectivity index (χ1) is 17.2. The molecule has 4 heteroatoms. The molecule has 4 aromatic rings. The van der Waals surface area contributed by atoms with Crippen molar-refractivity contribution in [3.8, 4) is 11.5 Å². The van der Waals surface area contributed by atoms with Crippen LogP contribution >= 0.6 is 0 Å². The fourth-order valence-electron chi connectivity index (χ4n) is 3.46. The number of ether oxygens (including phenoxy) is 3. The second kappa shape index (κ2) is 12.2. The van der Waals surface area contributed by atoms with Crippen molar-refractivity contribution in [2.45, 2.75) is 26.7 Å². The highest BCUT2D eigenvalue weighted by Crippen LogP contribution is 2.31. The lowest BCUT2D eigenvalue weighted by Gasteiger charge is -2.14. The molecule has 176 valence electrons. The molecule has 0 spiro atoms.